The molecule has 7 nitrogen and oxygen atoms in total. The highest BCUT2D eigenvalue weighted by Crippen LogP contribution is 2.16. The molecule has 0 bridgehead atoms. The summed E-state index contributed by atoms with van der Waals surface area (Å²) in [6.07, 6.45) is 4.84. The topological polar surface area (TPSA) is 88.5 Å². The highest BCUT2D eigenvalue weighted by atomic mass is 16.1. The fraction of sp³-hybridized carbons (Fsp3) is 0.467. The number of nitrogens with zero attached hydrogens (tertiary/aromatic N) is 5. The summed E-state index contributed by atoms with van der Waals surface area (Å²) in [4.78, 5) is 12.0. The van der Waals surface area contributed by atoms with Crippen LogP contribution in [0.15, 0.2) is 12.4 Å². The Labute approximate surface area is 129 Å². The smallest absolute Gasteiger partial charge is 0.224 e. The van der Waals surface area contributed by atoms with Gasteiger partial charge >= 0.3 is 0 Å². The second-order valence-corrected chi connectivity index (χ2v) is 5.23. The number of anilines is 1. The van der Waals surface area contributed by atoms with Crippen molar-refractivity contribution < 1.29 is 4.79 Å². The molecular weight excluding hydrogens is 280 g/mol. The van der Waals surface area contributed by atoms with E-state index in [1.807, 2.05) is 18.5 Å². The summed E-state index contributed by atoms with van der Waals surface area (Å²) in [6.45, 7) is 4.50. The van der Waals surface area contributed by atoms with E-state index in [4.69, 9.17) is 5.26 Å². The van der Waals surface area contributed by atoms with Crippen molar-refractivity contribution in [3.8, 4) is 6.07 Å². The Hall–Kier alpha value is -2.62. The zero-order chi connectivity index (χ0) is 16.1. The minimum atomic E-state index is -0.0448. The van der Waals surface area contributed by atoms with Gasteiger partial charge in [-0.3, -0.25) is 14.2 Å². The molecule has 7 heteroatoms. The molecule has 0 radical (unpaired) electrons. The second-order valence-electron chi connectivity index (χ2n) is 5.23. The van der Waals surface area contributed by atoms with Crippen LogP contribution in [0, 0.1) is 25.2 Å². The Balaban J connectivity index is 1.95. The first kappa shape index (κ1) is 15.8. The number of aromatic nitrogens is 4. The summed E-state index contributed by atoms with van der Waals surface area (Å²) in [5, 5.41) is 19.9. The number of rotatable bonds is 6. The summed E-state index contributed by atoms with van der Waals surface area (Å²) in [5.74, 6) is -0.0448. The Morgan fingerprint density at radius 3 is 2.86 bits per heavy atom. The Kier molecular flexibility index (Phi) is 4.94. The van der Waals surface area contributed by atoms with Crippen molar-refractivity contribution in [2.75, 3.05) is 5.32 Å². The van der Waals surface area contributed by atoms with E-state index >= 15 is 0 Å². The van der Waals surface area contributed by atoms with Gasteiger partial charge in [-0.25, -0.2) is 0 Å². The average Bonchev–Trinajstić information content (AvgIpc) is 2.99. The van der Waals surface area contributed by atoms with Gasteiger partial charge in [0.1, 0.15) is 0 Å². The van der Waals surface area contributed by atoms with Crippen molar-refractivity contribution >= 4 is 11.6 Å². The van der Waals surface area contributed by atoms with Crippen LogP contribution in [0.5, 0.6) is 0 Å². The molecule has 116 valence electrons. The zero-order valence-electron chi connectivity index (χ0n) is 13.1. The van der Waals surface area contributed by atoms with Crippen molar-refractivity contribution in [2.45, 2.75) is 39.7 Å². The number of nitriles is 1. The lowest BCUT2D eigenvalue weighted by atomic mass is 10.1. The van der Waals surface area contributed by atoms with Crippen molar-refractivity contribution in [3.63, 3.8) is 0 Å². The van der Waals surface area contributed by atoms with Gasteiger partial charge in [0.25, 0.3) is 0 Å². The second kappa shape index (κ2) is 6.89. The molecule has 2 aromatic heterocycles. The summed E-state index contributed by atoms with van der Waals surface area (Å²) >= 11 is 0. The van der Waals surface area contributed by atoms with Crippen LogP contribution in [-0.2, 0) is 24.8 Å². The molecule has 1 amide bonds. The van der Waals surface area contributed by atoms with Gasteiger partial charge in [0.05, 0.1) is 36.6 Å². The number of amides is 1. The highest BCUT2D eigenvalue weighted by Gasteiger charge is 2.13. The summed E-state index contributed by atoms with van der Waals surface area (Å²) in [5.41, 5.74) is 3.73. The standard InChI is InChI=1S/C15H20N6O/c1-11-14(12(2)21(19-11)8-4-7-16)5-6-15(22)18-13-9-17-20(3)10-13/h9-10H,4-6,8H2,1-3H3,(H,18,22). The molecule has 0 atom stereocenters. The number of aryl methyl sites for hydroxylation is 3. The largest absolute Gasteiger partial charge is 0.323 e. The van der Waals surface area contributed by atoms with Crippen molar-refractivity contribution in [1.29, 1.82) is 5.26 Å². The Bertz CT molecular complexity index is 706. The monoisotopic (exact) mass is 300 g/mol. The van der Waals surface area contributed by atoms with E-state index in [-0.39, 0.29) is 5.91 Å². The molecule has 0 aliphatic heterocycles. The molecule has 0 spiro atoms. The molecule has 0 saturated heterocycles. The Morgan fingerprint density at radius 1 is 1.45 bits per heavy atom. The maximum absolute atomic E-state index is 12.0. The molecule has 0 aliphatic carbocycles. The van der Waals surface area contributed by atoms with Gasteiger partial charge in [0.15, 0.2) is 0 Å². The maximum atomic E-state index is 12.0. The fourth-order valence-corrected chi connectivity index (χ4v) is 2.42. The van der Waals surface area contributed by atoms with Gasteiger partial charge in [-0.1, -0.05) is 0 Å². The molecule has 2 aromatic rings. The third-order valence-corrected chi connectivity index (χ3v) is 3.56. The third kappa shape index (κ3) is 3.73. The Morgan fingerprint density at radius 2 is 2.23 bits per heavy atom. The SMILES string of the molecule is Cc1nn(CCC#N)c(C)c1CCC(=O)Nc1cnn(C)c1. The molecule has 0 aromatic carbocycles. The van der Waals surface area contributed by atoms with Crippen LogP contribution < -0.4 is 5.32 Å². The van der Waals surface area contributed by atoms with Crippen molar-refractivity contribution in [1.82, 2.24) is 19.6 Å². The lowest BCUT2D eigenvalue weighted by Gasteiger charge is -2.04. The first-order valence-corrected chi connectivity index (χ1v) is 7.19. The molecular formula is C15H20N6O. The van der Waals surface area contributed by atoms with E-state index in [1.165, 1.54) is 0 Å². The average molecular weight is 300 g/mol. The lowest BCUT2D eigenvalue weighted by Crippen LogP contribution is -2.12. The minimum Gasteiger partial charge on any atom is -0.323 e. The first-order valence-electron chi connectivity index (χ1n) is 7.19. The number of nitrogens with one attached hydrogen (secondary N) is 1. The predicted octanol–water partition coefficient (Wildman–Crippen LogP) is 1.72. The predicted molar refractivity (Wildman–Crippen MR) is 82.1 cm³/mol. The molecule has 2 heterocycles. The third-order valence-electron chi connectivity index (χ3n) is 3.56. The van der Waals surface area contributed by atoms with Gasteiger partial charge in [-0.15, -0.1) is 0 Å². The van der Waals surface area contributed by atoms with E-state index in [0.29, 0.717) is 31.5 Å². The van der Waals surface area contributed by atoms with Gasteiger partial charge in [-0.05, 0) is 25.8 Å². The summed E-state index contributed by atoms with van der Waals surface area (Å²) in [6, 6.07) is 2.12. The van der Waals surface area contributed by atoms with Gasteiger partial charge in [-0.2, -0.15) is 15.5 Å². The zero-order valence-corrected chi connectivity index (χ0v) is 13.1. The minimum absolute atomic E-state index is 0.0448. The van der Waals surface area contributed by atoms with Crippen LogP contribution in [0.3, 0.4) is 0 Å². The van der Waals surface area contributed by atoms with E-state index in [2.05, 4.69) is 21.6 Å². The maximum Gasteiger partial charge on any atom is 0.224 e. The molecule has 0 aliphatic rings. The molecule has 2 rings (SSSR count). The van der Waals surface area contributed by atoms with Gasteiger partial charge in [0.2, 0.25) is 5.91 Å². The van der Waals surface area contributed by atoms with Gasteiger partial charge in [0, 0.05) is 25.4 Å². The van der Waals surface area contributed by atoms with Crippen molar-refractivity contribution in [2.24, 2.45) is 7.05 Å². The molecule has 0 fully saturated rings. The van der Waals surface area contributed by atoms with Crippen LogP contribution in [0.4, 0.5) is 5.69 Å². The number of hydrogen-bond donors (Lipinski definition) is 1. The highest BCUT2D eigenvalue weighted by molar-refractivity contribution is 5.90. The molecule has 0 unspecified atom stereocenters. The molecule has 0 saturated carbocycles. The van der Waals surface area contributed by atoms with Crippen LogP contribution in [0.25, 0.3) is 0 Å². The summed E-state index contributed by atoms with van der Waals surface area (Å²) in [7, 11) is 1.80. The van der Waals surface area contributed by atoms with Crippen LogP contribution in [-0.4, -0.2) is 25.5 Å². The van der Waals surface area contributed by atoms with Crippen LogP contribution in [0.1, 0.15) is 29.8 Å². The van der Waals surface area contributed by atoms with Crippen LogP contribution in [0.2, 0.25) is 0 Å². The number of hydrogen-bond acceptors (Lipinski definition) is 4. The van der Waals surface area contributed by atoms with E-state index in [0.717, 1.165) is 17.0 Å². The van der Waals surface area contributed by atoms with E-state index in [9.17, 15) is 4.79 Å². The molecule has 1 N–H and O–H groups in total. The van der Waals surface area contributed by atoms with Crippen LogP contribution >= 0.6 is 0 Å². The first-order chi connectivity index (χ1) is 10.5. The number of carbonyl (C=O) groups excluding carboxylic acids is 1. The van der Waals surface area contributed by atoms with Gasteiger partial charge < -0.3 is 5.32 Å². The quantitative estimate of drug-likeness (QED) is 0.879. The normalized spacial score (nSPS) is 10.5. The van der Waals surface area contributed by atoms with E-state index < -0.39 is 0 Å². The molecule has 22 heavy (non-hydrogen) atoms. The lowest BCUT2D eigenvalue weighted by molar-refractivity contribution is -0.116. The fourth-order valence-electron chi connectivity index (χ4n) is 2.42. The summed E-state index contributed by atoms with van der Waals surface area (Å²) < 4.78 is 3.48. The number of carbonyl (C=O) groups is 1. The van der Waals surface area contributed by atoms with E-state index in [1.54, 1.807) is 24.1 Å². The van der Waals surface area contributed by atoms with Crippen molar-refractivity contribution in [3.05, 3.63) is 29.3 Å².